The second-order valence-electron chi connectivity index (χ2n) is 3.79. The van der Waals surface area contributed by atoms with Gasteiger partial charge < -0.3 is 5.11 Å². The van der Waals surface area contributed by atoms with E-state index in [9.17, 15) is 26.7 Å². The quantitative estimate of drug-likeness (QED) is 0.387. The Morgan fingerprint density at radius 1 is 1.05 bits per heavy atom. The highest BCUT2D eigenvalue weighted by Crippen LogP contribution is 2.31. The van der Waals surface area contributed by atoms with Gasteiger partial charge in [0.15, 0.2) is 23.3 Å². The second kappa shape index (κ2) is 6.02. The summed E-state index contributed by atoms with van der Waals surface area (Å²) in [6, 6.07) is 1.25. The Morgan fingerprint density at radius 2 is 1.57 bits per heavy atom. The third kappa shape index (κ3) is 3.03. The minimum Gasteiger partial charge on any atom is -0.477 e. The molecule has 0 bridgehead atoms. The molecule has 0 aliphatic heterocycles. The van der Waals surface area contributed by atoms with Gasteiger partial charge in [0.05, 0.1) is 0 Å². The van der Waals surface area contributed by atoms with Crippen LogP contribution in [0.4, 0.5) is 22.0 Å². The number of thiophene rings is 1. The summed E-state index contributed by atoms with van der Waals surface area (Å²) in [5.41, 5.74) is -0.945. The molecule has 0 aliphatic rings. The fraction of sp³-hybridized carbons (Fsp3) is 0.0833. The summed E-state index contributed by atoms with van der Waals surface area (Å²) in [5.74, 6) is -11.6. The molecule has 0 radical (unpaired) electrons. The number of benzene rings is 1. The van der Waals surface area contributed by atoms with Crippen LogP contribution in [0.2, 0.25) is 0 Å². The highest BCUT2D eigenvalue weighted by molar-refractivity contribution is 7.98. The molecule has 0 atom stereocenters. The Labute approximate surface area is 123 Å². The molecule has 2 nitrogen and oxygen atoms in total. The van der Waals surface area contributed by atoms with Gasteiger partial charge >= 0.3 is 5.97 Å². The van der Waals surface area contributed by atoms with Crippen molar-refractivity contribution in [2.45, 2.75) is 10.6 Å². The third-order valence-electron chi connectivity index (χ3n) is 2.47. The number of rotatable bonds is 4. The molecule has 0 fully saturated rings. The van der Waals surface area contributed by atoms with Crippen molar-refractivity contribution in [3.8, 4) is 0 Å². The molecular weight excluding hydrogens is 335 g/mol. The lowest BCUT2D eigenvalue weighted by atomic mass is 10.2. The maximum absolute atomic E-state index is 13.4. The van der Waals surface area contributed by atoms with Gasteiger partial charge in [-0.05, 0) is 6.07 Å². The maximum atomic E-state index is 13.4. The highest BCUT2D eigenvalue weighted by Gasteiger charge is 2.25. The van der Waals surface area contributed by atoms with Crippen LogP contribution in [0.25, 0.3) is 0 Å². The molecular formula is C12H5F5O2S2. The lowest BCUT2D eigenvalue weighted by Crippen LogP contribution is -2.06. The van der Waals surface area contributed by atoms with Crippen molar-refractivity contribution >= 4 is 29.1 Å². The Bertz CT molecular complexity index is 685. The van der Waals surface area contributed by atoms with Gasteiger partial charge in [0.25, 0.3) is 0 Å². The van der Waals surface area contributed by atoms with Gasteiger partial charge in [-0.2, -0.15) is 0 Å². The van der Waals surface area contributed by atoms with E-state index < -0.39 is 46.4 Å². The summed E-state index contributed by atoms with van der Waals surface area (Å²) in [6.45, 7) is 0. The molecule has 0 amide bonds. The Morgan fingerprint density at radius 3 is 2.05 bits per heavy atom. The topological polar surface area (TPSA) is 37.3 Å². The van der Waals surface area contributed by atoms with Gasteiger partial charge in [0.2, 0.25) is 5.82 Å². The van der Waals surface area contributed by atoms with E-state index in [1.165, 1.54) is 11.4 Å². The Hall–Kier alpha value is -1.61. The van der Waals surface area contributed by atoms with E-state index in [2.05, 4.69) is 0 Å². The van der Waals surface area contributed by atoms with Crippen LogP contribution in [0.1, 0.15) is 15.2 Å². The zero-order valence-corrected chi connectivity index (χ0v) is 11.6. The number of carboxylic acid groups (broad SMARTS) is 1. The van der Waals surface area contributed by atoms with Crippen LogP contribution in [0.15, 0.2) is 16.3 Å². The van der Waals surface area contributed by atoms with Gasteiger partial charge in [-0.1, -0.05) is 0 Å². The largest absolute Gasteiger partial charge is 0.477 e. The van der Waals surface area contributed by atoms with E-state index in [1.807, 2.05) is 0 Å². The second-order valence-corrected chi connectivity index (χ2v) is 5.75. The fourth-order valence-electron chi connectivity index (χ4n) is 1.44. The van der Waals surface area contributed by atoms with Crippen molar-refractivity contribution < 1.29 is 31.9 Å². The molecule has 0 saturated heterocycles. The van der Waals surface area contributed by atoms with Crippen molar-refractivity contribution in [2.75, 3.05) is 0 Å². The van der Waals surface area contributed by atoms with Crippen molar-refractivity contribution in [3.05, 3.63) is 51.0 Å². The number of carboxylic acids is 1. The predicted molar refractivity (Wildman–Crippen MR) is 67.1 cm³/mol. The van der Waals surface area contributed by atoms with Crippen molar-refractivity contribution in [2.24, 2.45) is 0 Å². The van der Waals surface area contributed by atoms with Crippen molar-refractivity contribution in [1.29, 1.82) is 0 Å². The minimum atomic E-state index is -2.21. The highest BCUT2D eigenvalue weighted by atomic mass is 32.2. The van der Waals surface area contributed by atoms with Gasteiger partial charge in [-0.25, -0.2) is 26.7 Å². The number of aromatic carboxylic acids is 1. The number of halogens is 5. The summed E-state index contributed by atoms with van der Waals surface area (Å²) in [5, 5.41) is 10.1. The molecule has 0 saturated carbocycles. The lowest BCUT2D eigenvalue weighted by Gasteiger charge is -2.07. The molecule has 21 heavy (non-hydrogen) atoms. The smallest absolute Gasteiger partial charge is 0.345 e. The molecule has 1 aromatic carbocycles. The van der Waals surface area contributed by atoms with E-state index in [4.69, 9.17) is 5.11 Å². The minimum absolute atomic E-state index is 0.00918. The summed E-state index contributed by atoms with van der Waals surface area (Å²) < 4.78 is 65.7. The molecule has 9 heteroatoms. The number of hydrogen-bond donors (Lipinski definition) is 1. The zero-order valence-electron chi connectivity index (χ0n) is 9.92. The molecule has 2 rings (SSSR count). The van der Waals surface area contributed by atoms with E-state index in [-0.39, 0.29) is 4.88 Å². The molecule has 2 aromatic rings. The molecule has 112 valence electrons. The Kier molecular flexibility index (Phi) is 4.52. The summed E-state index contributed by atoms with van der Waals surface area (Å²) in [4.78, 5) is 11.0. The first kappa shape index (κ1) is 15.8. The van der Waals surface area contributed by atoms with Crippen molar-refractivity contribution in [3.63, 3.8) is 0 Å². The molecule has 0 unspecified atom stereocenters. The van der Waals surface area contributed by atoms with Crippen LogP contribution >= 0.6 is 23.1 Å². The maximum Gasteiger partial charge on any atom is 0.345 e. The van der Waals surface area contributed by atoms with Crippen LogP contribution in [-0.4, -0.2) is 11.1 Å². The SMILES string of the molecule is O=C(O)c1cc(SCc2c(F)c(F)c(F)c(F)c2F)cs1. The average molecular weight is 340 g/mol. The molecule has 0 aliphatic carbocycles. The summed E-state index contributed by atoms with van der Waals surface area (Å²) in [6.07, 6.45) is 0. The number of hydrogen-bond acceptors (Lipinski definition) is 3. The zero-order chi connectivity index (χ0) is 15.7. The monoisotopic (exact) mass is 340 g/mol. The van der Waals surface area contributed by atoms with Gasteiger partial charge in [-0.15, -0.1) is 23.1 Å². The van der Waals surface area contributed by atoms with Gasteiger partial charge in [0, 0.05) is 21.6 Å². The summed E-state index contributed by atoms with van der Waals surface area (Å²) >= 11 is 1.67. The van der Waals surface area contributed by atoms with Crippen molar-refractivity contribution in [1.82, 2.24) is 0 Å². The van der Waals surface area contributed by atoms with E-state index in [0.717, 1.165) is 23.1 Å². The van der Waals surface area contributed by atoms with E-state index in [0.29, 0.717) is 4.90 Å². The van der Waals surface area contributed by atoms with Crippen LogP contribution in [-0.2, 0) is 5.75 Å². The normalized spacial score (nSPS) is 10.9. The van der Waals surface area contributed by atoms with Crippen LogP contribution in [0.5, 0.6) is 0 Å². The van der Waals surface area contributed by atoms with Crippen LogP contribution in [0.3, 0.4) is 0 Å². The number of carbonyl (C=O) groups is 1. The summed E-state index contributed by atoms with van der Waals surface area (Å²) in [7, 11) is 0. The fourth-order valence-corrected chi connectivity index (χ4v) is 3.30. The van der Waals surface area contributed by atoms with Crippen LogP contribution < -0.4 is 0 Å². The van der Waals surface area contributed by atoms with Gasteiger partial charge in [0.1, 0.15) is 4.88 Å². The predicted octanol–water partition coefficient (Wildman–Crippen LogP) is 4.43. The third-order valence-corrected chi connectivity index (χ3v) is 4.54. The molecule has 1 heterocycles. The van der Waals surface area contributed by atoms with Crippen LogP contribution in [0, 0.1) is 29.1 Å². The lowest BCUT2D eigenvalue weighted by molar-refractivity contribution is 0.0702. The molecule has 1 aromatic heterocycles. The van der Waals surface area contributed by atoms with E-state index in [1.54, 1.807) is 0 Å². The standard InChI is InChI=1S/C12H5F5O2S2/c13-7-5(8(14)10(16)11(17)9(7)15)3-20-4-1-6(12(18)19)21-2-4/h1-2H,3H2,(H,18,19). The first-order valence-electron chi connectivity index (χ1n) is 5.27. The van der Waals surface area contributed by atoms with Gasteiger partial charge in [-0.3, -0.25) is 0 Å². The molecule has 0 spiro atoms. The molecule has 1 N–H and O–H groups in total. The van der Waals surface area contributed by atoms with E-state index >= 15 is 0 Å². The number of thioether (sulfide) groups is 1. The Balaban J connectivity index is 2.26. The first-order chi connectivity index (χ1) is 9.82. The average Bonchev–Trinajstić information content (AvgIpc) is 2.92. The first-order valence-corrected chi connectivity index (χ1v) is 7.14.